The number of fused-ring (bicyclic) bond motifs is 2. The Morgan fingerprint density at radius 2 is 2.06 bits per heavy atom. The zero-order valence-corrected chi connectivity index (χ0v) is 9.18. The molecule has 4 nitrogen and oxygen atoms in total. The zero-order chi connectivity index (χ0) is 12.0. The van der Waals surface area contributed by atoms with Gasteiger partial charge in [-0.2, -0.15) is 0 Å². The van der Waals surface area contributed by atoms with E-state index in [0.717, 1.165) is 5.69 Å². The predicted molar refractivity (Wildman–Crippen MR) is 67.5 cm³/mol. The Kier molecular flexibility index (Phi) is 1.98. The van der Waals surface area contributed by atoms with Gasteiger partial charge in [0.2, 0.25) is 0 Å². The second-order valence-electron chi connectivity index (χ2n) is 4.39. The number of ketones is 1. The quantitative estimate of drug-likeness (QED) is 0.583. The van der Waals surface area contributed by atoms with Gasteiger partial charge >= 0.3 is 0 Å². The fourth-order valence-electron chi connectivity index (χ4n) is 2.34. The van der Waals surface area contributed by atoms with Gasteiger partial charge in [-0.15, -0.1) is 0 Å². The van der Waals surface area contributed by atoms with Gasteiger partial charge in [-0.1, -0.05) is 6.08 Å². The molecule has 1 aliphatic heterocycles. The van der Waals surface area contributed by atoms with Gasteiger partial charge < -0.3 is 16.8 Å². The third-order valence-electron chi connectivity index (χ3n) is 3.19. The van der Waals surface area contributed by atoms with Crippen LogP contribution in [0.1, 0.15) is 10.4 Å². The van der Waals surface area contributed by atoms with Gasteiger partial charge in [0.25, 0.3) is 0 Å². The number of Topliss-reactive ketones (excluding diaryl/α,β-unsaturated/α-hetero) is 1. The molecule has 17 heavy (non-hydrogen) atoms. The molecule has 0 aromatic heterocycles. The Hall–Kier alpha value is -2.23. The van der Waals surface area contributed by atoms with Gasteiger partial charge in [0.15, 0.2) is 5.78 Å². The fourth-order valence-corrected chi connectivity index (χ4v) is 2.34. The molecule has 3 rings (SSSR count). The van der Waals surface area contributed by atoms with Crippen molar-refractivity contribution in [3.63, 3.8) is 0 Å². The van der Waals surface area contributed by atoms with E-state index < -0.39 is 0 Å². The van der Waals surface area contributed by atoms with E-state index in [0.29, 0.717) is 16.9 Å². The number of hydrogen-bond acceptors (Lipinski definition) is 4. The van der Waals surface area contributed by atoms with Crippen LogP contribution >= 0.6 is 0 Å². The van der Waals surface area contributed by atoms with Crippen molar-refractivity contribution >= 4 is 17.2 Å². The summed E-state index contributed by atoms with van der Waals surface area (Å²) >= 11 is 0. The molecule has 0 bridgehead atoms. The average Bonchev–Trinajstić information content (AvgIpc) is 2.28. The van der Waals surface area contributed by atoms with Crippen molar-refractivity contribution in [2.24, 2.45) is 11.7 Å². The standard InChI is InChI=1S/C13H13N3O/c14-7-1-3-9-11(5-7)16-12-6-8(15)2-4-10(12)13(9)17/h1-6,9,11,16H,14-15H2. The summed E-state index contributed by atoms with van der Waals surface area (Å²) in [6.45, 7) is 0. The van der Waals surface area contributed by atoms with Gasteiger partial charge in [-0.05, 0) is 30.4 Å². The Labute approximate surface area is 99.0 Å². The first kappa shape index (κ1) is 9.96. The van der Waals surface area contributed by atoms with Crippen LogP contribution in [0.5, 0.6) is 0 Å². The Balaban J connectivity index is 2.09. The van der Waals surface area contributed by atoms with E-state index in [9.17, 15) is 4.79 Å². The minimum Gasteiger partial charge on any atom is -0.399 e. The zero-order valence-electron chi connectivity index (χ0n) is 9.18. The van der Waals surface area contributed by atoms with E-state index in [2.05, 4.69) is 5.32 Å². The largest absolute Gasteiger partial charge is 0.399 e. The molecule has 0 saturated carbocycles. The van der Waals surface area contributed by atoms with Gasteiger partial charge in [-0.25, -0.2) is 0 Å². The molecule has 0 radical (unpaired) electrons. The molecule has 4 heteroatoms. The average molecular weight is 227 g/mol. The van der Waals surface area contributed by atoms with E-state index in [1.807, 2.05) is 12.2 Å². The van der Waals surface area contributed by atoms with Crippen molar-refractivity contribution in [2.75, 3.05) is 11.1 Å². The van der Waals surface area contributed by atoms with Crippen molar-refractivity contribution in [1.82, 2.24) is 0 Å². The molecule has 0 spiro atoms. The Morgan fingerprint density at radius 1 is 1.24 bits per heavy atom. The monoisotopic (exact) mass is 227 g/mol. The lowest BCUT2D eigenvalue weighted by molar-refractivity contribution is 0.0936. The number of hydrogen-bond donors (Lipinski definition) is 3. The smallest absolute Gasteiger partial charge is 0.174 e. The van der Waals surface area contributed by atoms with Crippen molar-refractivity contribution in [3.8, 4) is 0 Å². The molecule has 2 atom stereocenters. The summed E-state index contributed by atoms with van der Waals surface area (Å²) in [4.78, 5) is 12.3. The number of anilines is 2. The number of carbonyl (C=O) groups is 1. The van der Waals surface area contributed by atoms with Crippen molar-refractivity contribution in [2.45, 2.75) is 6.04 Å². The summed E-state index contributed by atoms with van der Waals surface area (Å²) < 4.78 is 0. The lowest BCUT2D eigenvalue weighted by Crippen LogP contribution is -2.39. The number of rotatable bonds is 0. The van der Waals surface area contributed by atoms with Crippen LogP contribution in [0, 0.1) is 5.92 Å². The summed E-state index contributed by atoms with van der Waals surface area (Å²) in [6.07, 6.45) is 5.51. The van der Waals surface area contributed by atoms with E-state index in [4.69, 9.17) is 11.5 Å². The number of nitrogens with one attached hydrogen (secondary N) is 1. The Bertz CT molecular complexity index is 560. The van der Waals surface area contributed by atoms with E-state index in [-0.39, 0.29) is 17.7 Å². The highest BCUT2D eigenvalue weighted by Gasteiger charge is 2.33. The van der Waals surface area contributed by atoms with Crippen LogP contribution in [0.3, 0.4) is 0 Å². The molecule has 1 heterocycles. The third kappa shape index (κ3) is 1.49. The molecule has 0 amide bonds. The highest BCUT2D eigenvalue weighted by atomic mass is 16.1. The topological polar surface area (TPSA) is 81.1 Å². The van der Waals surface area contributed by atoms with Crippen molar-refractivity contribution in [3.05, 3.63) is 47.7 Å². The van der Waals surface area contributed by atoms with Gasteiger partial charge in [0, 0.05) is 22.6 Å². The number of nitrogen functional groups attached to an aromatic ring is 1. The summed E-state index contributed by atoms with van der Waals surface area (Å²) in [5.41, 5.74) is 14.3. The molecule has 2 aliphatic rings. The molecular formula is C13H13N3O. The van der Waals surface area contributed by atoms with Crippen LogP contribution in [0.2, 0.25) is 0 Å². The van der Waals surface area contributed by atoms with Gasteiger partial charge in [0.1, 0.15) is 0 Å². The molecule has 1 aromatic carbocycles. The normalized spacial score (nSPS) is 25.6. The highest BCUT2D eigenvalue weighted by Crippen LogP contribution is 2.33. The maximum Gasteiger partial charge on any atom is 0.174 e. The highest BCUT2D eigenvalue weighted by molar-refractivity contribution is 6.06. The minimum absolute atomic E-state index is 0.0678. The van der Waals surface area contributed by atoms with E-state index in [1.54, 1.807) is 24.3 Å². The lowest BCUT2D eigenvalue weighted by atomic mass is 9.83. The number of allylic oxidation sites excluding steroid dienone is 1. The second-order valence-corrected chi connectivity index (χ2v) is 4.39. The molecule has 86 valence electrons. The molecule has 0 fully saturated rings. The van der Waals surface area contributed by atoms with Crippen LogP contribution < -0.4 is 16.8 Å². The van der Waals surface area contributed by atoms with Crippen LogP contribution in [0.15, 0.2) is 42.1 Å². The number of nitrogens with two attached hydrogens (primary N) is 2. The van der Waals surface area contributed by atoms with Crippen molar-refractivity contribution < 1.29 is 4.79 Å². The summed E-state index contributed by atoms with van der Waals surface area (Å²) in [5.74, 6) is -0.0535. The third-order valence-corrected chi connectivity index (χ3v) is 3.19. The molecule has 2 unspecified atom stereocenters. The molecule has 5 N–H and O–H groups in total. The van der Waals surface area contributed by atoms with E-state index in [1.165, 1.54) is 0 Å². The predicted octanol–water partition coefficient (Wildman–Crippen LogP) is 1.27. The molecular weight excluding hydrogens is 214 g/mol. The minimum atomic E-state index is -0.168. The maximum absolute atomic E-state index is 12.3. The SMILES string of the molecule is NC1=CC2Nc3cc(N)ccc3C(=O)C2C=C1. The molecule has 1 aliphatic carbocycles. The molecule has 0 saturated heterocycles. The van der Waals surface area contributed by atoms with Gasteiger partial charge in [-0.3, -0.25) is 4.79 Å². The summed E-state index contributed by atoms with van der Waals surface area (Å²) in [7, 11) is 0. The first-order chi connectivity index (χ1) is 8.15. The van der Waals surface area contributed by atoms with Crippen LogP contribution in [-0.2, 0) is 0 Å². The summed E-state index contributed by atoms with van der Waals surface area (Å²) in [5, 5.41) is 3.29. The Morgan fingerprint density at radius 3 is 2.88 bits per heavy atom. The fraction of sp³-hybridized carbons (Fsp3) is 0.154. The number of carbonyl (C=O) groups excluding carboxylic acids is 1. The van der Waals surface area contributed by atoms with Gasteiger partial charge in [0.05, 0.1) is 12.0 Å². The first-order valence-corrected chi connectivity index (χ1v) is 5.51. The van der Waals surface area contributed by atoms with Crippen LogP contribution in [-0.4, -0.2) is 11.8 Å². The van der Waals surface area contributed by atoms with E-state index >= 15 is 0 Å². The first-order valence-electron chi connectivity index (χ1n) is 5.51. The summed E-state index contributed by atoms with van der Waals surface area (Å²) in [6, 6.07) is 5.23. The maximum atomic E-state index is 12.3. The van der Waals surface area contributed by atoms with Crippen LogP contribution in [0.25, 0.3) is 0 Å². The second kappa shape index (κ2) is 3.38. The molecule has 1 aromatic rings. The lowest BCUT2D eigenvalue weighted by Gasteiger charge is -2.32. The van der Waals surface area contributed by atoms with Crippen LogP contribution in [0.4, 0.5) is 11.4 Å². The number of benzene rings is 1. The van der Waals surface area contributed by atoms with Crippen molar-refractivity contribution in [1.29, 1.82) is 0 Å².